The minimum absolute atomic E-state index is 0. The summed E-state index contributed by atoms with van der Waals surface area (Å²) in [5.74, 6) is 0. The van der Waals surface area contributed by atoms with Gasteiger partial charge in [0.2, 0.25) is 0 Å². The molecule has 0 atom stereocenters. The second-order valence-electron chi connectivity index (χ2n) is 18.4. The summed E-state index contributed by atoms with van der Waals surface area (Å²) in [6, 6.07) is 25.6. The molecule has 5 aromatic rings. The van der Waals surface area contributed by atoms with Gasteiger partial charge >= 0.3 is 124 Å². The molecule has 0 spiro atoms. The summed E-state index contributed by atoms with van der Waals surface area (Å²) in [6.07, 6.45) is 5.71. The first kappa shape index (κ1) is 48.5. The third kappa shape index (κ3) is 12.4. The van der Waals surface area contributed by atoms with Crippen LogP contribution in [0.2, 0.25) is 0 Å². The van der Waals surface area contributed by atoms with Crippen molar-refractivity contribution in [1.29, 1.82) is 0 Å². The van der Waals surface area contributed by atoms with Gasteiger partial charge in [-0.2, -0.15) is 6.08 Å². The molecule has 294 valence electrons. The van der Waals surface area contributed by atoms with Crippen LogP contribution in [0, 0.1) is 13.0 Å². The Balaban J connectivity index is 0.000000345. The van der Waals surface area contributed by atoms with Gasteiger partial charge in [0, 0.05) is 0 Å². The first-order valence-electron chi connectivity index (χ1n) is 18.6. The minimum Gasteiger partial charge on any atom is -1.00 e. The van der Waals surface area contributed by atoms with Gasteiger partial charge in [0.25, 0.3) is 0 Å². The molecule has 0 saturated carbocycles. The third-order valence-corrected chi connectivity index (χ3v) is 11.0. The van der Waals surface area contributed by atoms with Crippen LogP contribution in [-0.4, -0.2) is 3.21 Å². The van der Waals surface area contributed by atoms with Crippen LogP contribution in [0.3, 0.4) is 0 Å². The molecule has 0 radical (unpaired) electrons. The van der Waals surface area contributed by atoms with Gasteiger partial charge in [0.1, 0.15) is 0 Å². The molecular weight excluding hydrogens is 808 g/mol. The average Bonchev–Trinajstić information content (AvgIpc) is 3.74. The molecule has 1 aliphatic rings. The molecule has 6 heteroatoms. The molecule has 55 heavy (non-hydrogen) atoms. The zero-order valence-electron chi connectivity index (χ0n) is 34.8. The van der Waals surface area contributed by atoms with E-state index in [0.717, 1.165) is 51.1 Å². The van der Waals surface area contributed by atoms with Gasteiger partial charge in [0.15, 0.2) is 0 Å². The number of rotatable bonds is 2. The third-order valence-electron chi connectivity index (χ3n) is 9.62. The van der Waals surface area contributed by atoms with E-state index in [4.69, 9.17) is 0 Å². The molecule has 6 rings (SSSR count). The Hall–Kier alpha value is -2.65. The molecule has 0 nitrogen and oxygen atoms in total. The second-order valence-corrected chi connectivity index (χ2v) is 19.7. The second kappa shape index (κ2) is 18.3. The number of hydrogen-bond donors (Lipinski definition) is 0. The average molecular weight is 865 g/mol. The molecule has 0 heterocycles. The molecule has 1 aliphatic carbocycles. The van der Waals surface area contributed by atoms with E-state index in [1.807, 2.05) is 43.3 Å². The van der Waals surface area contributed by atoms with Gasteiger partial charge in [-0.25, -0.2) is 12.2 Å². The van der Waals surface area contributed by atoms with Crippen molar-refractivity contribution in [3.63, 3.8) is 0 Å². The van der Waals surface area contributed by atoms with Crippen LogP contribution in [0.5, 0.6) is 0 Å². The molecule has 0 amide bonds. The number of alkyl halides is 3. The minimum atomic E-state index is -4.29. The number of hydrogen-bond acceptors (Lipinski definition) is 0. The summed E-state index contributed by atoms with van der Waals surface area (Å²) in [6.45, 7) is 30.0. The van der Waals surface area contributed by atoms with Crippen LogP contribution in [0.1, 0.15) is 134 Å². The van der Waals surface area contributed by atoms with E-state index in [2.05, 4.69) is 126 Å². The first-order valence-corrected chi connectivity index (χ1v) is 19.8. The quantitative estimate of drug-likeness (QED) is 0.157. The van der Waals surface area contributed by atoms with Gasteiger partial charge < -0.3 is 24.8 Å². The molecule has 0 N–H and O–H groups in total. The van der Waals surface area contributed by atoms with Crippen molar-refractivity contribution in [2.75, 3.05) is 0 Å². The maximum atomic E-state index is 12.7. The monoisotopic (exact) mass is 862 g/mol. The van der Waals surface area contributed by atoms with Gasteiger partial charge in [-0.05, 0) is 21.7 Å². The Morgan fingerprint density at radius 3 is 1.38 bits per heavy atom. The van der Waals surface area contributed by atoms with Crippen molar-refractivity contribution in [2.45, 2.75) is 124 Å². The van der Waals surface area contributed by atoms with Crippen molar-refractivity contribution in [3.05, 3.63) is 148 Å². The van der Waals surface area contributed by atoms with Crippen LogP contribution >= 0.6 is 0 Å². The number of halogens is 5. The molecule has 0 saturated heterocycles. The van der Waals surface area contributed by atoms with Crippen molar-refractivity contribution in [3.8, 4) is 0 Å². The van der Waals surface area contributed by atoms with E-state index in [0.29, 0.717) is 5.56 Å². The predicted molar refractivity (Wildman–Crippen MR) is 219 cm³/mol. The molecular formula is C49H57Cl2F3Zr-2. The van der Waals surface area contributed by atoms with Gasteiger partial charge in [-0.3, -0.25) is 6.08 Å². The van der Waals surface area contributed by atoms with Crippen LogP contribution in [0.25, 0.3) is 21.5 Å². The van der Waals surface area contributed by atoms with Gasteiger partial charge in [-0.1, -0.05) is 117 Å². The molecule has 0 bridgehead atoms. The fourth-order valence-electron chi connectivity index (χ4n) is 6.67. The Morgan fingerprint density at radius 1 is 0.600 bits per heavy atom. The topological polar surface area (TPSA) is 0 Å². The number of allylic oxidation sites excluding steroid dienone is 4. The molecule has 0 fully saturated rings. The van der Waals surface area contributed by atoms with Crippen LogP contribution < -0.4 is 24.8 Å². The molecule has 0 aliphatic heterocycles. The zero-order valence-corrected chi connectivity index (χ0v) is 38.8. The maximum Gasteiger partial charge on any atom is -0.109 e. The standard InChI is InChI=1S/C29H41.C15H11F3.C5H5.2ClH.Zr/c1-26(2,3)22-14-18-13-19-15-23(27(4,5)6)25(29(10,11)12)17-21(19)20(18)16-24(22)28(7,8)9;1-11-5-7-12(8-6-11)9-13-3-2-4-14(10-13)15(16,17)18;1-2-4-5-3-1;;;/h13-17H,1-12H3;2-8,10H,1H3;1-3H,4H2;2*1H;/q-1;;-1;;;+2/p-2. The number of benzene rings is 4. The van der Waals surface area contributed by atoms with Crippen molar-refractivity contribution in [2.24, 2.45) is 0 Å². The predicted octanol–water partition coefficient (Wildman–Crippen LogP) is 8.35. The molecule has 0 unspecified atom stereocenters. The van der Waals surface area contributed by atoms with Crippen molar-refractivity contribution in [1.82, 2.24) is 0 Å². The summed E-state index contributed by atoms with van der Waals surface area (Å²) in [5.41, 5.74) is 8.55. The number of aryl methyl sites for hydroxylation is 1. The summed E-state index contributed by atoms with van der Waals surface area (Å²) < 4.78 is 39.0. The molecule has 0 aromatic heterocycles. The largest absolute Gasteiger partial charge is 1.00 e. The van der Waals surface area contributed by atoms with Crippen molar-refractivity contribution >= 4 is 24.8 Å². The Morgan fingerprint density at radius 2 is 1.04 bits per heavy atom. The van der Waals surface area contributed by atoms with Gasteiger partial charge in [0.05, 0.1) is 0 Å². The fraction of sp³-hybridized carbons (Fsp3) is 0.388. The summed E-state index contributed by atoms with van der Waals surface area (Å²) >= 11 is 1.10. The van der Waals surface area contributed by atoms with E-state index < -0.39 is 11.7 Å². The summed E-state index contributed by atoms with van der Waals surface area (Å²) in [4.78, 5) is 0. The molecule has 5 aromatic carbocycles. The van der Waals surface area contributed by atoms with E-state index >= 15 is 0 Å². The fourth-order valence-corrected chi connectivity index (χ4v) is 7.46. The SMILES string of the molecule is CC(C)(C)c1cc2[cH-]c3cc(C(C)(C)C)c(C(C)(C)C)cc3c2cc1C(C)(C)C.Cc1ccc([C](=[Zr+2])c2cccc(C(F)(F)F)c2)cc1.[C-]1=CC=CC1.[Cl-].[Cl-]. The van der Waals surface area contributed by atoms with Crippen molar-refractivity contribution < 1.29 is 62.2 Å². The number of fused-ring (bicyclic) bond motifs is 3. The van der Waals surface area contributed by atoms with Crippen LogP contribution in [0.15, 0.2) is 97.1 Å². The Bertz CT molecular complexity index is 2040. The normalized spacial score (nSPS) is 13.1. The van der Waals surface area contributed by atoms with E-state index in [1.165, 1.54) is 55.9 Å². The van der Waals surface area contributed by atoms with E-state index in [-0.39, 0.29) is 46.5 Å². The van der Waals surface area contributed by atoms with Gasteiger partial charge in [-0.15, -0.1) is 46.2 Å². The summed E-state index contributed by atoms with van der Waals surface area (Å²) in [5, 5.41) is 5.57. The van der Waals surface area contributed by atoms with E-state index in [9.17, 15) is 13.2 Å². The first-order chi connectivity index (χ1) is 24.3. The van der Waals surface area contributed by atoms with Crippen LogP contribution in [-0.2, 0) is 52.1 Å². The Labute approximate surface area is 356 Å². The Kier molecular flexibility index (Phi) is 16.1. The zero-order chi connectivity index (χ0) is 39.7. The van der Waals surface area contributed by atoms with Crippen LogP contribution in [0.4, 0.5) is 13.2 Å². The maximum absolute atomic E-state index is 12.7. The summed E-state index contributed by atoms with van der Waals surface area (Å²) in [7, 11) is 0. The van der Waals surface area contributed by atoms with E-state index in [1.54, 1.807) is 6.07 Å². The smallest absolute Gasteiger partial charge is 0.109 e.